The van der Waals surface area contributed by atoms with Crippen molar-refractivity contribution < 1.29 is 9.53 Å². The molecule has 0 saturated carbocycles. The zero-order valence-electron chi connectivity index (χ0n) is 13.1. The Morgan fingerprint density at radius 3 is 3.05 bits per heavy atom. The van der Waals surface area contributed by atoms with Gasteiger partial charge in [-0.2, -0.15) is 16.4 Å². The van der Waals surface area contributed by atoms with Crippen molar-refractivity contribution in [2.24, 2.45) is 7.05 Å². The number of aromatic nitrogens is 2. The molecule has 22 heavy (non-hydrogen) atoms. The summed E-state index contributed by atoms with van der Waals surface area (Å²) in [7, 11) is 1.92. The van der Waals surface area contributed by atoms with Gasteiger partial charge in [0.1, 0.15) is 6.10 Å². The molecule has 0 unspecified atom stereocenters. The van der Waals surface area contributed by atoms with Gasteiger partial charge in [-0.25, -0.2) is 0 Å². The molecule has 118 valence electrons. The van der Waals surface area contributed by atoms with E-state index in [9.17, 15) is 4.79 Å². The number of hydrogen-bond donors (Lipinski definition) is 1. The van der Waals surface area contributed by atoms with Gasteiger partial charge in [0.05, 0.1) is 18.2 Å². The van der Waals surface area contributed by atoms with Gasteiger partial charge in [0.15, 0.2) is 0 Å². The van der Waals surface area contributed by atoms with Gasteiger partial charge in [0.25, 0.3) is 0 Å². The molecule has 1 aliphatic rings. The SMILES string of the molecule is Cc1c([C@H]2OCC[C@@H]2NC(=O)[C@H](C)c2ccsc2)cnn1C. The third kappa shape index (κ3) is 2.80. The summed E-state index contributed by atoms with van der Waals surface area (Å²) in [6, 6.07) is 2.01. The standard InChI is InChI=1S/C16H21N3O2S/c1-10(12-5-7-22-9-12)16(20)18-14-4-6-21-15(14)13-8-17-19(3)11(13)2/h5,7-10,14-15H,4,6H2,1-3H3,(H,18,20)/t10-,14+,15-/m1/s1. The van der Waals surface area contributed by atoms with E-state index in [1.54, 1.807) is 11.3 Å². The Kier molecular flexibility index (Phi) is 4.31. The van der Waals surface area contributed by atoms with Gasteiger partial charge in [-0.15, -0.1) is 0 Å². The smallest absolute Gasteiger partial charge is 0.227 e. The first-order valence-corrected chi connectivity index (χ1v) is 8.44. The number of carbonyl (C=O) groups is 1. The lowest BCUT2D eigenvalue weighted by atomic mass is 10.00. The Balaban J connectivity index is 1.71. The molecule has 5 nitrogen and oxygen atoms in total. The largest absolute Gasteiger partial charge is 0.371 e. The molecule has 0 radical (unpaired) electrons. The van der Waals surface area contributed by atoms with Crippen LogP contribution in [0.25, 0.3) is 0 Å². The highest BCUT2D eigenvalue weighted by Crippen LogP contribution is 2.31. The van der Waals surface area contributed by atoms with Gasteiger partial charge in [0.2, 0.25) is 5.91 Å². The van der Waals surface area contributed by atoms with Crippen LogP contribution in [0.5, 0.6) is 0 Å². The molecule has 6 heteroatoms. The zero-order chi connectivity index (χ0) is 15.7. The Hall–Kier alpha value is -1.66. The average molecular weight is 319 g/mol. The number of rotatable bonds is 4. The topological polar surface area (TPSA) is 56.1 Å². The van der Waals surface area contributed by atoms with Crippen LogP contribution >= 0.6 is 11.3 Å². The summed E-state index contributed by atoms with van der Waals surface area (Å²) in [5, 5.41) is 11.5. The summed E-state index contributed by atoms with van der Waals surface area (Å²) in [6.07, 6.45) is 2.57. The highest BCUT2D eigenvalue weighted by Gasteiger charge is 2.34. The Bertz CT molecular complexity index is 650. The number of aryl methyl sites for hydroxylation is 1. The number of nitrogens with one attached hydrogen (secondary N) is 1. The Morgan fingerprint density at radius 2 is 2.41 bits per heavy atom. The van der Waals surface area contributed by atoms with E-state index in [-0.39, 0.29) is 24.0 Å². The molecule has 0 aromatic carbocycles. The number of hydrogen-bond acceptors (Lipinski definition) is 4. The molecule has 1 N–H and O–H groups in total. The zero-order valence-corrected chi connectivity index (χ0v) is 13.9. The van der Waals surface area contributed by atoms with Crippen LogP contribution in [-0.2, 0) is 16.6 Å². The lowest BCUT2D eigenvalue weighted by molar-refractivity contribution is -0.123. The van der Waals surface area contributed by atoms with Crippen LogP contribution in [0.15, 0.2) is 23.0 Å². The van der Waals surface area contributed by atoms with E-state index in [1.807, 2.05) is 48.6 Å². The molecule has 3 atom stereocenters. The van der Waals surface area contributed by atoms with Crippen LogP contribution in [0, 0.1) is 6.92 Å². The van der Waals surface area contributed by atoms with E-state index in [4.69, 9.17) is 4.74 Å². The molecule has 1 saturated heterocycles. The molecule has 2 aromatic rings. The second kappa shape index (κ2) is 6.22. The second-order valence-corrected chi connectivity index (χ2v) is 6.56. The van der Waals surface area contributed by atoms with E-state index in [1.165, 1.54) is 0 Å². The van der Waals surface area contributed by atoms with Gasteiger partial charge >= 0.3 is 0 Å². The van der Waals surface area contributed by atoms with Gasteiger partial charge in [-0.3, -0.25) is 9.48 Å². The molecule has 3 rings (SSSR count). The summed E-state index contributed by atoms with van der Waals surface area (Å²) >= 11 is 1.61. The summed E-state index contributed by atoms with van der Waals surface area (Å²) in [5.74, 6) is -0.0806. The summed E-state index contributed by atoms with van der Waals surface area (Å²) in [6.45, 7) is 4.63. The summed E-state index contributed by atoms with van der Waals surface area (Å²) in [4.78, 5) is 12.5. The van der Waals surface area contributed by atoms with Crippen LogP contribution < -0.4 is 5.32 Å². The molecular weight excluding hydrogens is 298 g/mol. The van der Waals surface area contributed by atoms with Gasteiger partial charge in [0, 0.05) is 24.9 Å². The Morgan fingerprint density at radius 1 is 1.59 bits per heavy atom. The number of ether oxygens (including phenoxy) is 1. The lowest BCUT2D eigenvalue weighted by Gasteiger charge is -2.21. The predicted molar refractivity (Wildman–Crippen MR) is 85.9 cm³/mol. The lowest BCUT2D eigenvalue weighted by Crippen LogP contribution is -2.39. The number of carbonyl (C=O) groups excluding carboxylic acids is 1. The molecule has 3 heterocycles. The van der Waals surface area contributed by atoms with Crippen molar-refractivity contribution >= 4 is 17.2 Å². The molecule has 1 fully saturated rings. The fraction of sp³-hybridized carbons (Fsp3) is 0.500. The molecular formula is C16H21N3O2S. The first-order chi connectivity index (χ1) is 10.6. The van der Waals surface area contributed by atoms with E-state index in [2.05, 4.69) is 10.4 Å². The van der Waals surface area contributed by atoms with E-state index in [0.29, 0.717) is 6.61 Å². The average Bonchev–Trinajstić information content (AvgIpc) is 3.22. The van der Waals surface area contributed by atoms with E-state index < -0.39 is 0 Å². The molecule has 0 bridgehead atoms. The minimum Gasteiger partial charge on any atom is -0.371 e. The van der Waals surface area contributed by atoms with Gasteiger partial charge in [-0.1, -0.05) is 0 Å². The summed E-state index contributed by atoms with van der Waals surface area (Å²) < 4.78 is 7.69. The fourth-order valence-electron chi connectivity index (χ4n) is 2.82. The Labute approximate surface area is 134 Å². The fourth-order valence-corrected chi connectivity index (χ4v) is 3.57. The van der Waals surface area contributed by atoms with Crippen molar-refractivity contribution in [1.29, 1.82) is 0 Å². The van der Waals surface area contributed by atoms with Crippen molar-refractivity contribution in [3.63, 3.8) is 0 Å². The monoisotopic (exact) mass is 319 g/mol. The van der Waals surface area contributed by atoms with Gasteiger partial charge in [-0.05, 0) is 42.7 Å². The predicted octanol–water partition coefficient (Wildman–Crippen LogP) is 2.54. The number of thiophene rings is 1. The first kappa shape index (κ1) is 15.2. The third-order valence-electron chi connectivity index (χ3n) is 4.44. The van der Waals surface area contributed by atoms with Crippen LogP contribution in [-0.4, -0.2) is 28.3 Å². The summed E-state index contributed by atoms with van der Waals surface area (Å²) in [5.41, 5.74) is 3.21. The second-order valence-electron chi connectivity index (χ2n) is 5.78. The highest BCUT2D eigenvalue weighted by atomic mass is 32.1. The minimum atomic E-state index is -0.137. The number of nitrogens with zero attached hydrogens (tertiary/aromatic N) is 2. The van der Waals surface area contributed by atoms with Crippen molar-refractivity contribution in [3.05, 3.63) is 39.8 Å². The maximum absolute atomic E-state index is 12.5. The molecule has 1 amide bonds. The maximum Gasteiger partial charge on any atom is 0.227 e. The number of amides is 1. The normalized spacial score (nSPS) is 22.7. The van der Waals surface area contributed by atoms with Crippen LogP contribution in [0.3, 0.4) is 0 Å². The van der Waals surface area contributed by atoms with Gasteiger partial charge < -0.3 is 10.1 Å². The molecule has 0 aliphatic carbocycles. The van der Waals surface area contributed by atoms with Crippen molar-refractivity contribution in [2.45, 2.75) is 38.3 Å². The highest BCUT2D eigenvalue weighted by molar-refractivity contribution is 7.08. The van der Waals surface area contributed by atoms with Crippen molar-refractivity contribution in [2.75, 3.05) is 6.61 Å². The third-order valence-corrected chi connectivity index (χ3v) is 5.14. The van der Waals surface area contributed by atoms with Crippen molar-refractivity contribution in [3.8, 4) is 0 Å². The van der Waals surface area contributed by atoms with Crippen LogP contribution in [0.4, 0.5) is 0 Å². The first-order valence-electron chi connectivity index (χ1n) is 7.50. The van der Waals surface area contributed by atoms with Crippen LogP contribution in [0.1, 0.15) is 42.2 Å². The molecule has 2 aromatic heterocycles. The minimum absolute atomic E-state index is 0.0106. The van der Waals surface area contributed by atoms with E-state index >= 15 is 0 Å². The van der Waals surface area contributed by atoms with E-state index in [0.717, 1.165) is 23.2 Å². The quantitative estimate of drug-likeness (QED) is 0.942. The molecule has 0 spiro atoms. The maximum atomic E-state index is 12.5. The van der Waals surface area contributed by atoms with Crippen molar-refractivity contribution in [1.82, 2.24) is 15.1 Å². The van der Waals surface area contributed by atoms with Crippen LogP contribution in [0.2, 0.25) is 0 Å². The molecule has 1 aliphatic heterocycles.